The average molecular weight is 317 g/mol. The van der Waals surface area contributed by atoms with Gasteiger partial charge in [-0.15, -0.1) is 0 Å². The molecule has 0 saturated heterocycles. The van der Waals surface area contributed by atoms with Gasteiger partial charge in [0.2, 0.25) is 5.91 Å². The second kappa shape index (κ2) is 15.0. The molecule has 0 rings (SSSR count). The molecule has 1 unspecified atom stereocenters. The van der Waals surface area contributed by atoms with Crippen molar-refractivity contribution in [3.05, 3.63) is 0 Å². The molecule has 0 bridgehead atoms. The minimum absolute atomic E-state index is 0.111. The number of hydrogen-bond donors (Lipinski definition) is 1. The lowest BCUT2D eigenvalue weighted by atomic mass is 10.0. The summed E-state index contributed by atoms with van der Waals surface area (Å²) in [4.78, 5) is 22.6. The lowest BCUT2D eigenvalue weighted by Gasteiger charge is -2.19. The fraction of sp³-hybridized carbons (Fsp3) is 0.882. The van der Waals surface area contributed by atoms with Crippen LogP contribution in [0.25, 0.3) is 0 Å². The third-order valence-electron chi connectivity index (χ3n) is 3.29. The molecule has 0 heterocycles. The van der Waals surface area contributed by atoms with E-state index in [1.165, 1.54) is 0 Å². The molecule has 0 spiro atoms. The Morgan fingerprint density at radius 3 is 2.59 bits per heavy atom. The standard InChI is InChI=1S/C17H33NO4/c1-4-6-10-21-14-16(22-11-7-5-2)13-18-17(20)12-15(3)8-9-19/h9,15-16H,4-8,10-14H2,1-3H3,(H,18,20)/t15-,16?/m0/s1/i9T. The number of unbranched alkanes of at least 4 members (excludes halogenated alkanes) is 2. The van der Waals surface area contributed by atoms with Gasteiger partial charge in [-0.3, -0.25) is 4.79 Å². The summed E-state index contributed by atoms with van der Waals surface area (Å²) in [5.74, 6) is -0.225. The minimum atomic E-state index is -0.629. The molecule has 1 amide bonds. The Hall–Kier alpha value is -0.940. The summed E-state index contributed by atoms with van der Waals surface area (Å²) in [5, 5.41) is 2.84. The van der Waals surface area contributed by atoms with Crippen LogP contribution in [0.1, 0.15) is 60.7 Å². The largest absolute Gasteiger partial charge is 0.379 e. The highest BCUT2D eigenvalue weighted by Gasteiger charge is 2.13. The molecule has 2 atom stereocenters. The van der Waals surface area contributed by atoms with E-state index in [0.717, 1.165) is 25.7 Å². The van der Waals surface area contributed by atoms with E-state index in [2.05, 4.69) is 19.2 Å². The molecule has 0 aromatic rings. The molecular weight excluding hydrogens is 282 g/mol. The van der Waals surface area contributed by atoms with Crippen LogP contribution >= 0.6 is 0 Å². The number of ether oxygens (including phenoxy) is 2. The van der Waals surface area contributed by atoms with E-state index in [-0.39, 0.29) is 30.8 Å². The molecule has 1 N–H and O–H groups in total. The molecule has 5 heteroatoms. The van der Waals surface area contributed by atoms with Gasteiger partial charge in [0.15, 0.2) is 0 Å². The molecule has 22 heavy (non-hydrogen) atoms. The van der Waals surface area contributed by atoms with E-state index in [0.29, 0.717) is 26.4 Å². The lowest BCUT2D eigenvalue weighted by molar-refractivity contribution is -0.123. The topological polar surface area (TPSA) is 64.6 Å². The third-order valence-corrected chi connectivity index (χ3v) is 3.29. The first kappa shape index (κ1) is 19.1. The fourth-order valence-corrected chi connectivity index (χ4v) is 1.85. The molecular formula is C17H33NO4. The Balaban J connectivity index is 4.07. The summed E-state index contributed by atoms with van der Waals surface area (Å²) < 4.78 is 18.3. The van der Waals surface area contributed by atoms with E-state index < -0.39 is 6.26 Å². The molecule has 5 nitrogen and oxygen atoms in total. The maximum absolute atomic E-state index is 11.9. The Kier molecular flexibility index (Phi) is 13.0. The van der Waals surface area contributed by atoms with Gasteiger partial charge in [-0.05, 0) is 18.8 Å². The normalized spacial score (nSPS) is 14.2. The van der Waals surface area contributed by atoms with Crippen LogP contribution in [-0.4, -0.2) is 44.6 Å². The monoisotopic (exact) mass is 317 g/mol. The minimum Gasteiger partial charge on any atom is -0.379 e. The van der Waals surface area contributed by atoms with Crippen molar-refractivity contribution in [2.24, 2.45) is 5.92 Å². The van der Waals surface area contributed by atoms with Crippen LogP contribution in [0, 0.1) is 5.92 Å². The van der Waals surface area contributed by atoms with E-state index >= 15 is 0 Å². The Morgan fingerprint density at radius 2 is 1.95 bits per heavy atom. The number of aldehydes is 1. The molecule has 0 aliphatic carbocycles. The summed E-state index contributed by atoms with van der Waals surface area (Å²) in [6.07, 6.45) is 3.76. The van der Waals surface area contributed by atoms with Crippen molar-refractivity contribution < 1.29 is 20.4 Å². The van der Waals surface area contributed by atoms with Crippen LogP contribution < -0.4 is 5.32 Å². The van der Waals surface area contributed by atoms with E-state index in [4.69, 9.17) is 10.8 Å². The lowest BCUT2D eigenvalue weighted by Crippen LogP contribution is -2.37. The van der Waals surface area contributed by atoms with Gasteiger partial charge in [0.05, 0.1) is 12.7 Å². The highest BCUT2D eigenvalue weighted by atomic mass is 16.5. The zero-order chi connectivity index (χ0) is 17.5. The average Bonchev–Trinajstić information content (AvgIpc) is 2.47. The maximum Gasteiger partial charge on any atom is 0.220 e. The Morgan fingerprint density at radius 1 is 1.27 bits per heavy atom. The van der Waals surface area contributed by atoms with Gasteiger partial charge >= 0.3 is 0 Å². The smallest absolute Gasteiger partial charge is 0.220 e. The van der Waals surface area contributed by atoms with Crippen molar-refractivity contribution in [2.75, 3.05) is 26.4 Å². The number of carbonyl (C=O) groups excluding carboxylic acids is 2. The molecule has 0 aromatic heterocycles. The fourth-order valence-electron chi connectivity index (χ4n) is 1.85. The van der Waals surface area contributed by atoms with Crippen LogP contribution in [0.5, 0.6) is 0 Å². The summed E-state index contributed by atoms with van der Waals surface area (Å²) in [5.41, 5.74) is 0. The second-order valence-corrected chi connectivity index (χ2v) is 5.74. The van der Waals surface area contributed by atoms with Crippen LogP contribution in [0.15, 0.2) is 0 Å². The highest BCUT2D eigenvalue weighted by molar-refractivity contribution is 5.76. The first-order valence-electron chi connectivity index (χ1n) is 8.95. The summed E-state index contributed by atoms with van der Waals surface area (Å²) in [7, 11) is 0. The van der Waals surface area contributed by atoms with E-state index in [1.807, 2.05) is 0 Å². The van der Waals surface area contributed by atoms with Gasteiger partial charge in [0, 0.05) is 32.6 Å². The Bertz CT molecular complexity index is 326. The van der Waals surface area contributed by atoms with E-state index in [9.17, 15) is 9.59 Å². The summed E-state index contributed by atoms with van der Waals surface area (Å²) in [6.45, 7) is 8.28. The molecule has 0 aliphatic rings. The molecule has 0 radical (unpaired) electrons. The first-order valence-corrected chi connectivity index (χ1v) is 8.45. The van der Waals surface area contributed by atoms with Gasteiger partial charge in [-0.2, -0.15) is 0 Å². The quantitative estimate of drug-likeness (QED) is 0.372. The maximum atomic E-state index is 11.9. The van der Waals surface area contributed by atoms with Crippen molar-refractivity contribution >= 4 is 12.2 Å². The van der Waals surface area contributed by atoms with Crippen molar-refractivity contribution in [1.29, 1.82) is 0 Å². The number of amides is 1. The number of carbonyl (C=O) groups is 2. The molecule has 0 aliphatic heterocycles. The van der Waals surface area contributed by atoms with Gasteiger partial charge in [0.1, 0.15) is 7.63 Å². The van der Waals surface area contributed by atoms with Crippen molar-refractivity contribution in [3.8, 4) is 0 Å². The molecule has 130 valence electrons. The predicted molar refractivity (Wildman–Crippen MR) is 87.8 cm³/mol. The van der Waals surface area contributed by atoms with Crippen LogP contribution in [0.4, 0.5) is 0 Å². The zero-order valence-electron chi connectivity index (χ0n) is 15.4. The van der Waals surface area contributed by atoms with Gasteiger partial charge in [-0.1, -0.05) is 33.6 Å². The molecule has 0 fully saturated rings. The molecule has 0 saturated carbocycles. The van der Waals surface area contributed by atoms with Crippen LogP contribution in [0.2, 0.25) is 0 Å². The van der Waals surface area contributed by atoms with Crippen molar-refractivity contribution in [1.82, 2.24) is 5.32 Å². The van der Waals surface area contributed by atoms with Gasteiger partial charge in [-0.25, -0.2) is 0 Å². The number of rotatable bonds is 15. The predicted octanol–water partition coefficient (Wildman–Crippen LogP) is 2.72. The third kappa shape index (κ3) is 12.8. The number of hydrogen-bond acceptors (Lipinski definition) is 4. The second-order valence-electron chi connectivity index (χ2n) is 5.74. The van der Waals surface area contributed by atoms with Crippen LogP contribution in [0.3, 0.4) is 0 Å². The summed E-state index contributed by atoms with van der Waals surface area (Å²) in [6, 6.07) is 0. The summed E-state index contributed by atoms with van der Waals surface area (Å²) >= 11 is 0. The van der Waals surface area contributed by atoms with Crippen molar-refractivity contribution in [2.45, 2.75) is 65.4 Å². The van der Waals surface area contributed by atoms with Gasteiger partial charge < -0.3 is 19.6 Å². The van der Waals surface area contributed by atoms with Crippen molar-refractivity contribution in [3.63, 3.8) is 0 Å². The zero-order valence-corrected chi connectivity index (χ0v) is 14.4. The highest BCUT2D eigenvalue weighted by Crippen LogP contribution is 2.05. The SMILES string of the molecule is [3H]C(=O)C[C@H](C)CC(=O)NCC(COCCCC)OCCCC. The van der Waals surface area contributed by atoms with Crippen LogP contribution in [-0.2, 0) is 19.1 Å². The van der Waals surface area contributed by atoms with E-state index in [1.54, 1.807) is 6.92 Å². The number of nitrogens with one attached hydrogen (secondary N) is 1. The first-order chi connectivity index (χ1) is 11.0. The van der Waals surface area contributed by atoms with Gasteiger partial charge in [0.25, 0.3) is 0 Å². The Labute approximate surface area is 136 Å². The molecule has 0 aromatic carbocycles.